The van der Waals surface area contributed by atoms with Crippen LogP contribution in [0.5, 0.6) is 5.75 Å². The van der Waals surface area contributed by atoms with Gasteiger partial charge in [-0.15, -0.1) is 0 Å². The van der Waals surface area contributed by atoms with Crippen LogP contribution in [-0.4, -0.2) is 37.1 Å². The zero-order valence-electron chi connectivity index (χ0n) is 15.6. The van der Waals surface area contributed by atoms with E-state index in [-0.39, 0.29) is 17.9 Å². The molecule has 2 aromatic carbocycles. The number of ether oxygens (including phenoxy) is 2. The number of amides is 2. The first-order valence-corrected chi connectivity index (χ1v) is 9.28. The van der Waals surface area contributed by atoms with Crippen molar-refractivity contribution in [2.45, 2.75) is 18.4 Å². The number of benzene rings is 2. The molecule has 0 saturated carbocycles. The quantitative estimate of drug-likeness (QED) is 0.714. The van der Waals surface area contributed by atoms with Gasteiger partial charge in [0.15, 0.2) is 0 Å². The van der Waals surface area contributed by atoms with Crippen molar-refractivity contribution in [1.82, 2.24) is 4.98 Å². The Morgan fingerprint density at radius 1 is 1.04 bits per heavy atom. The van der Waals surface area contributed by atoms with Gasteiger partial charge in [-0.25, -0.2) is 4.90 Å². The molecule has 0 radical (unpaired) electrons. The Kier molecular flexibility index (Phi) is 3.77. The summed E-state index contributed by atoms with van der Waals surface area (Å²) >= 11 is 0. The first kappa shape index (κ1) is 17.0. The lowest BCUT2D eigenvalue weighted by atomic mass is 9.76. The summed E-state index contributed by atoms with van der Waals surface area (Å²) in [6.07, 6.45) is 0.212. The van der Waals surface area contributed by atoms with E-state index in [1.54, 1.807) is 26.4 Å². The highest BCUT2D eigenvalue weighted by molar-refractivity contribution is 6.25. The second-order valence-electron chi connectivity index (χ2n) is 7.26. The van der Waals surface area contributed by atoms with Gasteiger partial charge in [-0.3, -0.25) is 9.59 Å². The van der Waals surface area contributed by atoms with Crippen LogP contribution in [0.4, 0.5) is 5.69 Å². The fraction of sp³-hybridized carbons (Fsp3) is 0.273. The number of methoxy groups -OCH3 is 2. The summed E-state index contributed by atoms with van der Waals surface area (Å²) in [4.78, 5) is 31.5. The number of rotatable bonds is 3. The third-order valence-corrected chi connectivity index (χ3v) is 5.91. The average Bonchev–Trinajstić information content (AvgIpc) is 3.22. The van der Waals surface area contributed by atoms with E-state index in [1.807, 2.05) is 36.4 Å². The zero-order valence-corrected chi connectivity index (χ0v) is 15.6. The van der Waals surface area contributed by atoms with Gasteiger partial charge in [-0.05, 0) is 35.9 Å². The monoisotopic (exact) mass is 376 g/mol. The van der Waals surface area contributed by atoms with Crippen molar-refractivity contribution in [1.29, 1.82) is 0 Å². The maximum atomic E-state index is 13.5. The van der Waals surface area contributed by atoms with Crippen LogP contribution in [0.2, 0.25) is 0 Å². The van der Waals surface area contributed by atoms with E-state index in [2.05, 4.69) is 4.98 Å². The van der Waals surface area contributed by atoms with Crippen molar-refractivity contribution in [2.75, 3.05) is 19.1 Å². The van der Waals surface area contributed by atoms with Gasteiger partial charge in [0.2, 0.25) is 11.8 Å². The first-order valence-electron chi connectivity index (χ1n) is 9.28. The molecule has 1 N–H and O–H groups in total. The van der Waals surface area contributed by atoms with E-state index < -0.39 is 11.8 Å². The predicted octanol–water partition coefficient (Wildman–Crippen LogP) is 3.02. The molecule has 1 aliphatic heterocycles. The Morgan fingerprint density at radius 3 is 2.54 bits per heavy atom. The van der Waals surface area contributed by atoms with Gasteiger partial charge in [0.25, 0.3) is 0 Å². The molecule has 6 heteroatoms. The minimum atomic E-state index is -0.567. The summed E-state index contributed by atoms with van der Waals surface area (Å²) in [6, 6.07) is 14.8. The molecule has 3 atom stereocenters. The van der Waals surface area contributed by atoms with Crippen LogP contribution < -0.4 is 9.64 Å². The number of aromatic amines is 1. The van der Waals surface area contributed by atoms with E-state index in [0.717, 1.165) is 27.9 Å². The number of fused-ring (bicyclic) bond motifs is 5. The van der Waals surface area contributed by atoms with E-state index in [0.29, 0.717) is 12.1 Å². The van der Waals surface area contributed by atoms with Crippen molar-refractivity contribution < 1.29 is 19.1 Å². The molecule has 28 heavy (non-hydrogen) atoms. The van der Waals surface area contributed by atoms with E-state index in [9.17, 15) is 9.59 Å². The minimum Gasteiger partial charge on any atom is -0.497 e. The van der Waals surface area contributed by atoms with Gasteiger partial charge >= 0.3 is 0 Å². The van der Waals surface area contributed by atoms with Gasteiger partial charge in [-0.1, -0.05) is 18.2 Å². The third-order valence-electron chi connectivity index (χ3n) is 5.91. The van der Waals surface area contributed by atoms with E-state index >= 15 is 0 Å². The average molecular weight is 376 g/mol. The fourth-order valence-electron chi connectivity index (χ4n) is 4.65. The Morgan fingerprint density at radius 2 is 1.82 bits per heavy atom. The van der Waals surface area contributed by atoms with Gasteiger partial charge in [0, 0.05) is 30.1 Å². The minimum absolute atomic E-state index is 0.198. The number of hydrogen-bond donors (Lipinski definition) is 1. The van der Waals surface area contributed by atoms with Crippen molar-refractivity contribution in [3.8, 4) is 5.75 Å². The van der Waals surface area contributed by atoms with Crippen LogP contribution in [0.3, 0.4) is 0 Å². The molecule has 3 aromatic rings. The van der Waals surface area contributed by atoms with Crippen LogP contribution in [-0.2, 0) is 20.7 Å². The molecule has 2 heterocycles. The van der Waals surface area contributed by atoms with Gasteiger partial charge in [0.05, 0.1) is 30.7 Å². The number of imide groups is 1. The number of para-hydroxylation sites is 1. The Hall–Kier alpha value is -3.12. The summed E-state index contributed by atoms with van der Waals surface area (Å²) in [7, 11) is 3.22. The summed E-state index contributed by atoms with van der Waals surface area (Å²) in [5.74, 6) is -0.780. The number of nitrogens with zero attached hydrogens (tertiary/aromatic N) is 1. The van der Waals surface area contributed by atoms with E-state index in [4.69, 9.17) is 9.47 Å². The van der Waals surface area contributed by atoms with Crippen LogP contribution in [0, 0.1) is 5.92 Å². The van der Waals surface area contributed by atoms with Crippen molar-refractivity contribution in [2.24, 2.45) is 5.92 Å². The first-order chi connectivity index (χ1) is 13.6. The normalized spacial score (nSPS) is 23.8. The lowest BCUT2D eigenvalue weighted by Crippen LogP contribution is -2.38. The number of carbonyl (C=O) groups is 2. The standard InChI is InChI=1S/C22H20N2O4/c1-27-13-8-9-15-14(10-13)18-16(23-15)11-17(28-2)19-20(18)22(26)24(21(19)25)12-6-4-3-5-7-12/h3-10,17,19-20,23H,11H2,1-2H3. The van der Waals surface area contributed by atoms with Gasteiger partial charge in [-0.2, -0.15) is 0 Å². The highest BCUT2D eigenvalue weighted by Gasteiger charge is 2.56. The molecule has 142 valence electrons. The maximum absolute atomic E-state index is 13.5. The summed E-state index contributed by atoms with van der Waals surface area (Å²) in [5, 5.41) is 0.926. The van der Waals surface area contributed by atoms with Crippen molar-refractivity contribution in [3.63, 3.8) is 0 Å². The zero-order chi connectivity index (χ0) is 19.4. The molecular formula is C22H20N2O4. The number of hydrogen-bond acceptors (Lipinski definition) is 4. The van der Waals surface area contributed by atoms with Crippen molar-refractivity contribution >= 4 is 28.4 Å². The SMILES string of the molecule is COc1ccc2[nH]c3c(c2c1)C1C(=O)N(c2ccccc2)C(=O)C1C(OC)C3. The molecule has 1 aliphatic carbocycles. The second-order valence-corrected chi connectivity index (χ2v) is 7.26. The molecule has 0 bridgehead atoms. The molecule has 1 fully saturated rings. The smallest absolute Gasteiger partial charge is 0.242 e. The van der Waals surface area contributed by atoms with Crippen LogP contribution >= 0.6 is 0 Å². The van der Waals surface area contributed by atoms with Gasteiger partial charge < -0.3 is 14.5 Å². The lowest BCUT2D eigenvalue weighted by molar-refractivity contribution is -0.125. The maximum Gasteiger partial charge on any atom is 0.242 e. The molecule has 6 nitrogen and oxygen atoms in total. The topological polar surface area (TPSA) is 71.6 Å². The summed E-state index contributed by atoms with van der Waals surface area (Å²) in [5.41, 5.74) is 3.37. The highest BCUT2D eigenvalue weighted by Crippen LogP contribution is 2.48. The fourth-order valence-corrected chi connectivity index (χ4v) is 4.65. The number of aromatic nitrogens is 1. The van der Waals surface area contributed by atoms with Crippen LogP contribution in [0.1, 0.15) is 17.2 Å². The van der Waals surface area contributed by atoms with E-state index in [1.165, 1.54) is 4.90 Å². The van der Waals surface area contributed by atoms with Gasteiger partial charge in [0.1, 0.15) is 5.75 Å². The summed E-state index contributed by atoms with van der Waals surface area (Å²) in [6.45, 7) is 0. The Balaban J connectivity index is 1.71. The number of carbonyl (C=O) groups excluding carboxylic acids is 2. The summed E-state index contributed by atoms with van der Waals surface area (Å²) < 4.78 is 11.0. The number of nitrogens with one attached hydrogen (secondary N) is 1. The van der Waals surface area contributed by atoms with Crippen LogP contribution in [0.15, 0.2) is 48.5 Å². The number of anilines is 1. The molecule has 2 amide bonds. The second kappa shape index (κ2) is 6.21. The highest BCUT2D eigenvalue weighted by atomic mass is 16.5. The molecule has 1 saturated heterocycles. The number of H-pyrrole nitrogens is 1. The Labute approximate surface area is 162 Å². The third kappa shape index (κ3) is 2.24. The molecule has 1 aromatic heterocycles. The molecule has 2 aliphatic rings. The molecule has 0 spiro atoms. The molecule has 3 unspecified atom stereocenters. The van der Waals surface area contributed by atoms with Crippen LogP contribution in [0.25, 0.3) is 10.9 Å². The largest absolute Gasteiger partial charge is 0.497 e. The molecular weight excluding hydrogens is 356 g/mol. The van der Waals surface area contributed by atoms with Crippen molar-refractivity contribution in [3.05, 3.63) is 59.8 Å². The Bertz CT molecular complexity index is 1090. The molecule has 5 rings (SSSR count). The predicted molar refractivity (Wildman–Crippen MR) is 105 cm³/mol. The lowest BCUT2D eigenvalue weighted by Gasteiger charge is -2.29.